The Morgan fingerprint density at radius 2 is 1.82 bits per heavy atom. The number of fused-ring (bicyclic) bond motifs is 1. The van der Waals surface area contributed by atoms with Crippen molar-refractivity contribution in [1.82, 2.24) is 4.57 Å². The van der Waals surface area contributed by atoms with Crippen LogP contribution >= 0.6 is 22.9 Å². The SMILES string of the molecule is CC1=C(C(=O)Nc2ccccc2)C(c2ccc(C)o2)n2c(sc(=Cc3ccc(Cl)cc3)c2=O)=N1. The molecule has 0 saturated heterocycles. The van der Waals surface area contributed by atoms with Gasteiger partial charge in [0, 0.05) is 10.7 Å². The summed E-state index contributed by atoms with van der Waals surface area (Å²) in [6, 6.07) is 19.3. The minimum Gasteiger partial charge on any atom is -0.464 e. The average Bonchev–Trinajstić information content (AvgIpc) is 3.38. The van der Waals surface area contributed by atoms with Crippen LogP contribution in [0, 0.1) is 6.92 Å². The van der Waals surface area contributed by atoms with Gasteiger partial charge in [-0.25, -0.2) is 4.99 Å². The van der Waals surface area contributed by atoms with Crippen molar-refractivity contribution in [3.05, 3.63) is 120 Å². The number of hydrogen-bond donors (Lipinski definition) is 1. The maximum atomic E-state index is 13.6. The number of aryl methyl sites for hydroxylation is 1. The quantitative estimate of drug-likeness (QED) is 0.460. The van der Waals surface area contributed by atoms with Gasteiger partial charge in [0.25, 0.3) is 11.5 Å². The van der Waals surface area contributed by atoms with Crippen LogP contribution in [0.25, 0.3) is 6.08 Å². The van der Waals surface area contributed by atoms with E-state index in [1.54, 1.807) is 43.3 Å². The van der Waals surface area contributed by atoms with E-state index < -0.39 is 6.04 Å². The number of aromatic nitrogens is 1. The van der Waals surface area contributed by atoms with Crippen LogP contribution < -0.4 is 20.2 Å². The van der Waals surface area contributed by atoms with Crippen molar-refractivity contribution in [1.29, 1.82) is 0 Å². The highest BCUT2D eigenvalue weighted by Gasteiger charge is 2.34. The third-order valence-corrected chi connectivity index (χ3v) is 6.73. The van der Waals surface area contributed by atoms with Crippen molar-refractivity contribution in [2.75, 3.05) is 5.32 Å². The van der Waals surface area contributed by atoms with Gasteiger partial charge in [-0.2, -0.15) is 0 Å². The van der Waals surface area contributed by atoms with Crippen LogP contribution in [-0.4, -0.2) is 10.5 Å². The lowest BCUT2D eigenvalue weighted by Crippen LogP contribution is -2.40. The first-order valence-electron chi connectivity index (χ1n) is 10.6. The summed E-state index contributed by atoms with van der Waals surface area (Å²) >= 11 is 7.27. The summed E-state index contributed by atoms with van der Waals surface area (Å²) < 4.78 is 7.96. The van der Waals surface area contributed by atoms with E-state index in [9.17, 15) is 9.59 Å². The molecule has 2 aromatic heterocycles. The Bertz CT molecular complexity index is 1600. The molecule has 0 spiro atoms. The van der Waals surface area contributed by atoms with Crippen LogP contribution in [0.5, 0.6) is 0 Å². The molecule has 0 radical (unpaired) electrons. The monoisotopic (exact) mass is 489 g/mol. The van der Waals surface area contributed by atoms with Crippen LogP contribution in [0.15, 0.2) is 92.2 Å². The van der Waals surface area contributed by atoms with Crippen LogP contribution in [-0.2, 0) is 4.79 Å². The molecule has 1 N–H and O–H groups in total. The number of carbonyl (C=O) groups excluding carboxylic acids is 1. The number of nitrogens with zero attached hydrogens (tertiary/aromatic N) is 2. The molecule has 1 aliphatic rings. The molecule has 3 heterocycles. The minimum absolute atomic E-state index is 0.240. The lowest BCUT2D eigenvalue weighted by Gasteiger charge is -2.23. The zero-order valence-electron chi connectivity index (χ0n) is 18.4. The van der Waals surface area contributed by atoms with Crippen LogP contribution in [0.2, 0.25) is 5.02 Å². The largest absolute Gasteiger partial charge is 0.464 e. The number of anilines is 1. The molecule has 1 amide bonds. The highest BCUT2D eigenvalue weighted by Crippen LogP contribution is 2.31. The van der Waals surface area contributed by atoms with E-state index in [1.165, 1.54) is 15.9 Å². The molecule has 5 rings (SSSR count). The number of para-hydroxylation sites is 1. The fourth-order valence-electron chi connectivity index (χ4n) is 3.91. The van der Waals surface area contributed by atoms with Gasteiger partial charge in [-0.1, -0.05) is 53.3 Å². The number of halogens is 1. The Balaban J connectivity index is 1.66. The number of carbonyl (C=O) groups is 1. The molecule has 0 fully saturated rings. The van der Waals surface area contributed by atoms with E-state index in [2.05, 4.69) is 10.3 Å². The van der Waals surface area contributed by atoms with Gasteiger partial charge in [0.05, 0.1) is 15.8 Å². The molecule has 1 atom stereocenters. The normalized spacial score (nSPS) is 15.7. The second kappa shape index (κ2) is 8.93. The minimum atomic E-state index is -0.735. The third kappa shape index (κ3) is 4.16. The summed E-state index contributed by atoms with van der Waals surface area (Å²) in [7, 11) is 0. The molecule has 4 aromatic rings. The Hall–Kier alpha value is -3.68. The number of hydrogen-bond acceptors (Lipinski definition) is 5. The number of amides is 1. The Morgan fingerprint density at radius 1 is 1.09 bits per heavy atom. The Labute approximate surface area is 204 Å². The van der Waals surface area contributed by atoms with Crippen molar-refractivity contribution in [3.8, 4) is 0 Å². The summed E-state index contributed by atoms with van der Waals surface area (Å²) in [5, 5.41) is 3.54. The first-order valence-corrected chi connectivity index (χ1v) is 11.8. The molecule has 0 saturated carbocycles. The number of thiazole rings is 1. The molecule has 34 heavy (non-hydrogen) atoms. The average molecular weight is 490 g/mol. The zero-order chi connectivity index (χ0) is 23.8. The molecule has 170 valence electrons. The van der Waals surface area contributed by atoms with Gasteiger partial charge in [0.2, 0.25) is 0 Å². The lowest BCUT2D eigenvalue weighted by atomic mass is 10.00. The van der Waals surface area contributed by atoms with Gasteiger partial charge in [-0.15, -0.1) is 0 Å². The first-order chi connectivity index (χ1) is 16.4. The highest BCUT2D eigenvalue weighted by atomic mass is 35.5. The predicted octanol–water partition coefficient (Wildman–Crippen LogP) is 4.43. The summed E-state index contributed by atoms with van der Waals surface area (Å²) in [6.07, 6.45) is 1.80. The number of rotatable bonds is 4. The van der Waals surface area contributed by atoms with Crippen LogP contribution in [0.3, 0.4) is 0 Å². The molecule has 0 bridgehead atoms. The smallest absolute Gasteiger partial charge is 0.271 e. The lowest BCUT2D eigenvalue weighted by molar-refractivity contribution is -0.113. The van der Waals surface area contributed by atoms with Gasteiger partial charge in [0.15, 0.2) is 4.80 Å². The second-order valence-electron chi connectivity index (χ2n) is 7.90. The predicted molar refractivity (Wildman–Crippen MR) is 134 cm³/mol. The maximum absolute atomic E-state index is 13.6. The van der Waals surface area contributed by atoms with Crippen molar-refractivity contribution in [3.63, 3.8) is 0 Å². The van der Waals surface area contributed by atoms with Gasteiger partial charge < -0.3 is 9.73 Å². The van der Waals surface area contributed by atoms with Crippen molar-refractivity contribution in [2.45, 2.75) is 19.9 Å². The summed E-state index contributed by atoms with van der Waals surface area (Å²) in [6.45, 7) is 3.60. The van der Waals surface area contributed by atoms with E-state index in [4.69, 9.17) is 16.0 Å². The third-order valence-electron chi connectivity index (χ3n) is 5.50. The Kier molecular flexibility index (Phi) is 5.81. The van der Waals surface area contributed by atoms with Crippen LogP contribution in [0.1, 0.15) is 30.0 Å². The second-order valence-corrected chi connectivity index (χ2v) is 9.35. The van der Waals surface area contributed by atoms with E-state index >= 15 is 0 Å². The van der Waals surface area contributed by atoms with Crippen LogP contribution in [0.4, 0.5) is 5.69 Å². The molecule has 8 heteroatoms. The molecule has 6 nitrogen and oxygen atoms in total. The van der Waals surface area contributed by atoms with Gasteiger partial charge in [-0.3, -0.25) is 14.2 Å². The molecular formula is C26H20ClN3O3S. The van der Waals surface area contributed by atoms with E-state index in [-0.39, 0.29) is 11.5 Å². The molecule has 1 aliphatic heterocycles. The van der Waals surface area contributed by atoms with E-state index in [0.717, 1.165) is 5.56 Å². The zero-order valence-corrected chi connectivity index (χ0v) is 20.0. The summed E-state index contributed by atoms with van der Waals surface area (Å²) in [5.41, 5.74) is 2.16. The van der Waals surface area contributed by atoms with Gasteiger partial charge in [-0.05, 0) is 61.9 Å². The number of nitrogens with one attached hydrogen (secondary N) is 1. The number of benzene rings is 2. The van der Waals surface area contributed by atoms with Gasteiger partial charge in [0.1, 0.15) is 17.6 Å². The summed E-state index contributed by atoms with van der Waals surface area (Å²) in [5.74, 6) is 0.860. The molecular weight excluding hydrogens is 470 g/mol. The topological polar surface area (TPSA) is 76.6 Å². The van der Waals surface area contributed by atoms with Crippen molar-refractivity contribution in [2.24, 2.45) is 4.99 Å². The standard InChI is InChI=1S/C26H20ClN3O3S/c1-15-8-13-20(33-15)23-22(24(31)29-19-6-4-3-5-7-19)16(2)28-26-30(23)25(32)21(34-26)14-17-9-11-18(27)12-10-17/h3-14,23H,1-2H3,(H,29,31). The molecule has 0 aliphatic carbocycles. The van der Waals surface area contributed by atoms with E-state index in [0.29, 0.717) is 42.8 Å². The van der Waals surface area contributed by atoms with Crippen molar-refractivity contribution >= 4 is 40.6 Å². The number of allylic oxidation sites excluding steroid dienone is 1. The molecule has 1 unspecified atom stereocenters. The first kappa shape index (κ1) is 22.1. The highest BCUT2D eigenvalue weighted by molar-refractivity contribution is 7.07. The number of furan rings is 1. The molecule has 2 aromatic carbocycles. The van der Waals surface area contributed by atoms with Gasteiger partial charge >= 0.3 is 0 Å². The van der Waals surface area contributed by atoms with Crippen molar-refractivity contribution < 1.29 is 9.21 Å². The summed E-state index contributed by atoms with van der Waals surface area (Å²) in [4.78, 5) is 32.1. The Morgan fingerprint density at radius 3 is 2.50 bits per heavy atom. The fourth-order valence-corrected chi connectivity index (χ4v) is 5.08. The fraction of sp³-hybridized carbons (Fsp3) is 0.115. The van der Waals surface area contributed by atoms with E-state index in [1.807, 2.05) is 43.3 Å². The maximum Gasteiger partial charge on any atom is 0.271 e.